The number of halogens is 2. The number of nitriles is 1. The fraction of sp³-hybridized carbons (Fsp3) is 0.233. The Labute approximate surface area is 245 Å². The van der Waals surface area contributed by atoms with Gasteiger partial charge in [-0.15, -0.1) is 0 Å². The molecule has 0 atom stereocenters. The first-order valence-corrected chi connectivity index (χ1v) is 14.0. The van der Waals surface area contributed by atoms with Crippen LogP contribution in [0.3, 0.4) is 0 Å². The predicted molar refractivity (Wildman–Crippen MR) is 158 cm³/mol. The molecule has 2 amide bonds. The quantitative estimate of drug-likeness (QED) is 0.278. The van der Waals surface area contributed by atoms with Crippen LogP contribution in [0.5, 0.6) is 0 Å². The van der Waals surface area contributed by atoms with Crippen molar-refractivity contribution in [2.24, 2.45) is 0 Å². The van der Waals surface area contributed by atoms with Crippen molar-refractivity contribution in [3.8, 4) is 6.07 Å². The first-order valence-electron chi connectivity index (χ1n) is 13.2. The van der Waals surface area contributed by atoms with Crippen LogP contribution in [-0.2, 0) is 11.3 Å². The third kappa shape index (κ3) is 4.61. The third-order valence-electron chi connectivity index (χ3n) is 7.86. The first kappa shape index (κ1) is 26.9. The van der Waals surface area contributed by atoms with Crippen LogP contribution in [0, 0.1) is 17.1 Å². The summed E-state index contributed by atoms with van der Waals surface area (Å²) in [5.41, 5.74) is 1.84. The molecule has 2 fully saturated rings. The van der Waals surface area contributed by atoms with Gasteiger partial charge in [0.05, 0.1) is 28.0 Å². The molecular weight excluding hydrogens is 563 g/mol. The molecule has 1 aromatic heterocycles. The highest BCUT2D eigenvalue weighted by atomic mass is 35.5. The van der Waals surface area contributed by atoms with Crippen molar-refractivity contribution in [3.63, 3.8) is 0 Å². The number of rotatable bonds is 5. The van der Waals surface area contributed by atoms with Crippen molar-refractivity contribution in [3.05, 3.63) is 88.3 Å². The van der Waals surface area contributed by atoms with Crippen LogP contribution < -0.4 is 15.1 Å². The van der Waals surface area contributed by atoms with Crippen LogP contribution in [0.1, 0.15) is 53.6 Å². The number of hydrogen-bond donors (Lipinski definition) is 2. The number of aromatic amines is 1. The number of thiocarbonyl (C=S) groups is 1. The molecule has 0 bridgehead atoms. The average Bonchev–Trinajstić information content (AvgIpc) is 3.52. The number of carbonyl (C=O) groups is 2. The highest BCUT2D eigenvalue weighted by Crippen LogP contribution is 2.45. The second-order valence-electron chi connectivity index (χ2n) is 10.3. The molecule has 1 spiro atoms. The Bertz CT molecular complexity index is 1760. The summed E-state index contributed by atoms with van der Waals surface area (Å²) in [4.78, 5) is 29.9. The van der Waals surface area contributed by atoms with Gasteiger partial charge in [0.1, 0.15) is 17.4 Å². The maximum absolute atomic E-state index is 15.5. The number of nitrogens with one attached hydrogen (secondary N) is 2. The maximum atomic E-state index is 15.5. The molecule has 0 radical (unpaired) electrons. The van der Waals surface area contributed by atoms with Gasteiger partial charge >= 0.3 is 0 Å². The lowest BCUT2D eigenvalue weighted by Crippen LogP contribution is -2.51. The van der Waals surface area contributed by atoms with Crippen molar-refractivity contribution in [1.29, 1.82) is 5.26 Å². The number of anilines is 2. The largest absolute Gasteiger partial charge is 0.348 e. The molecule has 0 unspecified atom stereocenters. The van der Waals surface area contributed by atoms with Crippen LogP contribution in [0.15, 0.2) is 60.8 Å². The number of carbonyl (C=O) groups excluding carboxylic acids is 2. The molecule has 6 rings (SSSR count). The second kappa shape index (κ2) is 10.6. The topological polar surface area (TPSA) is 105 Å². The Morgan fingerprint density at radius 1 is 1.12 bits per heavy atom. The van der Waals surface area contributed by atoms with E-state index < -0.39 is 11.4 Å². The van der Waals surface area contributed by atoms with E-state index in [9.17, 15) is 14.9 Å². The number of H-pyrrole nitrogens is 1. The van der Waals surface area contributed by atoms with Gasteiger partial charge in [0.2, 0.25) is 0 Å². The monoisotopic (exact) mass is 586 g/mol. The van der Waals surface area contributed by atoms with E-state index in [4.69, 9.17) is 23.8 Å². The van der Waals surface area contributed by atoms with E-state index in [1.165, 1.54) is 11.0 Å². The summed E-state index contributed by atoms with van der Waals surface area (Å²) >= 11 is 12.1. The van der Waals surface area contributed by atoms with Crippen LogP contribution in [0.2, 0.25) is 5.02 Å². The molecule has 2 heterocycles. The van der Waals surface area contributed by atoms with Crippen LogP contribution in [0.25, 0.3) is 10.9 Å². The van der Waals surface area contributed by atoms with Gasteiger partial charge in [-0.2, -0.15) is 10.4 Å². The summed E-state index contributed by atoms with van der Waals surface area (Å²) in [5.74, 6) is -1.04. The number of nitrogens with zero attached hydrogens (tertiary/aromatic N) is 4. The summed E-state index contributed by atoms with van der Waals surface area (Å²) in [7, 11) is 0. The lowest BCUT2D eigenvalue weighted by molar-refractivity contribution is -0.122. The van der Waals surface area contributed by atoms with E-state index in [2.05, 4.69) is 15.5 Å². The summed E-state index contributed by atoms with van der Waals surface area (Å²) in [6.07, 6.45) is 5.46. The van der Waals surface area contributed by atoms with Crippen LogP contribution >= 0.6 is 23.8 Å². The molecule has 206 valence electrons. The van der Waals surface area contributed by atoms with E-state index in [1.54, 1.807) is 59.6 Å². The van der Waals surface area contributed by atoms with Crippen molar-refractivity contribution >= 4 is 63.0 Å². The van der Waals surface area contributed by atoms with Crippen molar-refractivity contribution in [1.82, 2.24) is 15.5 Å². The van der Waals surface area contributed by atoms with E-state index in [1.807, 2.05) is 6.07 Å². The molecule has 41 heavy (non-hydrogen) atoms. The van der Waals surface area contributed by atoms with Gasteiger partial charge in [-0.1, -0.05) is 36.9 Å². The third-order valence-corrected chi connectivity index (χ3v) is 8.54. The van der Waals surface area contributed by atoms with Gasteiger partial charge in [-0.3, -0.25) is 19.6 Å². The first-order chi connectivity index (χ1) is 19.8. The van der Waals surface area contributed by atoms with E-state index in [0.717, 1.165) is 30.2 Å². The van der Waals surface area contributed by atoms with Gasteiger partial charge in [0, 0.05) is 28.7 Å². The number of hydrogen-bond acceptors (Lipinski definition) is 5. The predicted octanol–water partition coefficient (Wildman–Crippen LogP) is 6.00. The fourth-order valence-corrected chi connectivity index (χ4v) is 6.43. The minimum absolute atomic E-state index is 0.0151. The lowest BCUT2D eigenvalue weighted by atomic mass is 9.80. The maximum Gasteiger partial charge on any atom is 0.259 e. The van der Waals surface area contributed by atoms with Gasteiger partial charge in [-0.05, 0) is 73.6 Å². The standard InChI is InChI=1S/C30H24ClFN6O2S/c31-24-13-22(7-4-19(24)15-33)37-28(40)30(10-2-1-3-11-30)38(29(37)41)23-8-5-20(25(32)14-23)16-34-27(39)18-6-9-26-21(12-18)17-35-36-26/h4-9,12-14,17H,1-3,10-11,16H2,(H,34,39)(H,35,36). The number of benzene rings is 3. The molecule has 1 saturated heterocycles. The van der Waals surface area contributed by atoms with Gasteiger partial charge < -0.3 is 10.2 Å². The zero-order valence-electron chi connectivity index (χ0n) is 21.8. The Kier molecular flexibility index (Phi) is 6.93. The summed E-state index contributed by atoms with van der Waals surface area (Å²) < 4.78 is 15.5. The smallest absolute Gasteiger partial charge is 0.259 e. The van der Waals surface area contributed by atoms with Crippen molar-refractivity contribution in [2.75, 3.05) is 9.80 Å². The molecular formula is C30H24ClFN6O2S. The number of amides is 2. The second-order valence-corrected chi connectivity index (χ2v) is 11.0. The summed E-state index contributed by atoms with van der Waals surface area (Å²) in [6, 6.07) is 16.6. The lowest BCUT2D eigenvalue weighted by Gasteiger charge is -2.39. The summed E-state index contributed by atoms with van der Waals surface area (Å²) in [6.45, 7) is -0.0151. The van der Waals surface area contributed by atoms with E-state index in [-0.39, 0.29) is 28.5 Å². The highest BCUT2D eigenvalue weighted by molar-refractivity contribution is 7.81. The minimum atomic E-state index is -0.941. The molecule has 11 heteroatoms. The molecule has 2 N–H and O–H groups in total. The molecule has 4 aromatic rings. The molecule has 8 nitrogen and oxygen atoms in total. The van der Waals surface area contributed by atoms with Gasteiger partial charge in [0.15, 0.2) is 5.11 Å². The SMILES string of the molecule is N#Cc1ccc(N2C(=O)C3(CCCCC3)N(c3ccc(CNC(=O)c4ccc5[nH]ncc5c4)c(F)c3)C2=S)cc1Cl. The number of aromatic nitrogens is 2. The Hall–Kier alpha value is -4.33. The normalized spacial score (nSPS) is 16.4. The highest BCUT2D eigenvalue weighted by Gasteiger charge is 2.56. The van der Waals surface area contributed by atoms with Crippen molar-refractivity contribution < 1.29 is 14.0 Å². The minimum Gasteiger partial charge on any atom is -0.348 e. The van der Waals surface area contributed by atoms with E-state index in [0.29, 0.717) is 40.9 Å². The molecule has 1 aliphatic heterocycles. The van der Waals surface area contributed by atoms with Gasteiger partial charge in [0.25, 0.3) is 11.8 Å². The van der Waals surface area contributed by atoms with E-state index >= 15 is 4.39 Å². The Morgan fingerprint density at radius 2 is 1.90 bits per heavy atom. The zero-order valence-corrected chi connectivity index (χ0v) is 23.4. The summed E-state index contributed by atoms with van der Waals surface area (Å²) in [5, 5.41) is 20.1. The molecule has 1 saturated carbocycles. The average molecular weight is 587 g/mol. The number of fused-ring (bicyclic) bond motifs is 1. The fourth-order valence-electron chi connectivity index (χ4n) is 5.75. The molecule has 3 aromatic carbocycles. The Morgan fingerprint density at radius 3 is 2.63 bits per heavy atom. The van der Waals surface area contributed by atoms with Gasteiger partial charge in [-0.25, -0.2) is 4.39 Å². The zero-order chi connectivity index (χ0) is 28.7. The Balaban J connectivity index is 1.27. The van der Waals surface area contributed by atoms with Crippen LogP contribution in [-0.4, -0.2) is 32.7 Å². The van der Waals surface area contributed by atoms with Crippen LogP contribution in [0.4, 0.5) is 15.8 Å². The molecule has 1 aliphatic carbocycles. The molecule has 2 aliphatic rings. The van der Waals surface area contributed by atoms with Crippen molar-refractivity contribution in [2.45, 2.75) is 44.2 Å².